The van der Waals surface area contributed by atoms with E-state index in [2.05, 4.69) is 36.6 Å². The number of benzene rings is 3. The van der Waals surface area contributed by atoms with Gasteiger partial charge in [0.25, 0.3) is 11.8 Å². The lowest BCUT2D eigenvalue weighted by Gasteiger charge is -2.32. The first kappa shape index (κ1) is 55.3. The zero-order chi connectivity index (χ0) is 50.7. The minimum atomic E-state index is -1.09. The Hall–Kier alpha value is -5.02. The largest absolute Gasteiger partial charge is 0.483 e. The van der Waals surface area contributed by atoms with Crippen molar-refractivity contribution in [3.05, 3.63) is 94.5 Å². The Morgan fingerprint density at radius 3 is 1.55 bits per heavy atom. The van der Waals surface area contributed by atoms with E-state index in [0.717, 1.165) is 132 Å². The van der Waals surface area contributed by atoms with Crippen LogP contribution in [0.1, 0.15) is 132 Å². The smallest absolute Gasteiger partial charge is 0.325 e. The molecular formula is C57H80N2O12. The number of esters is 1. The number of rotatable bonds is 26. The molecule has 10 atom stereocenters. The summed E-state index contributed by atoms with van der Waals surface area (Å²) in [4.78, 5) is 46.7. The van der Waals surface area contributed by atoms with Crippen LogP contribution in [-0.4, -0.2) is 100 Å². The van der Waals surface area contributed by atoms with Crippen molar-refractivity contribution in [1.29, 1.82) is 0 Å². The summed E-state index contributed by atoms with van der Waals surface area (Å²) in [5.41, 5.74) is 5.49. The Bertz CT molecular complexity index is 2150. The van der Waals surface area contributed by atoms with Crippen molar-refractivity contribution >= 4 is 23.8 Å². The number of amides is 2. The zero-order valence-corrected chi connectivity index (χ0v) is 42.0. The number of aliphatic hydroxyl groups excluding tert-OH is 4. The lowest BCUT2D eigenvalue weighted by molar-refractivity contribution is -0.145. The number of carboxylic acid groups (broad SMARTS) is 1. The Morgan fingerprint density at radius 2 is 1.08 bits per heavy atom. The summed E-state index contributed by atoms with van der Waals surface area (Å²) in [6.45, 7) is 3.45. The van der Waals surface area contributed by atoms with E-state index in [9.17, 15) is 39.6 Å². The van der Waals surface area contributed by atoms with Crippen LogP contribution in [0.15, 0.2) is 66.7 Å². The maximum absolute atomic E-state index is 12.3. The normalized spacial score (nSPS) is 23.6. The van der Waals surface area contributed by atoms with Gasteiger partial charge in [-0.05, 0) is 153 Å². The quantitative estimate of drug-likeness (QED) is 0.0318. The average Bonchev–Trinajstić information content (AvgIpc) is 3.85. The highest BCUT2D eigenvalue weighted by Crippen LogP contribution is 2.50. The standard InChI is InChI=1S/C32H43NO6.C25H37NO6/c1-2-3-5-12-25(34)14-15-26-27-16-23-11-8-13-30(28(23)17-24(27)18-29(26)35)38-21-31(36)33-19-32(37)39-20-22-9-6-4-7-10-22;1-2-3-4-7-18(27)9-10-19-20-11-16-6-5-8-23(21(16)12-17(20)13-22(19)28)32-15-24(29)26-14-25(30)31/h4,6-11,13,24-27,29,34-35H,2-3,5,12,14-21H2,1H3,(H,33,36);5-6,8,17-20,22,27-28H,2-4,7,9-15H2,1H3,(H,26,29)(H,30,31)/t24-,25-,26+,27-,29+;17-,18-,19+,20-,22+/m00/s1. The molecule has 14 nitrogen and oxygen atoms in total. The summed E-state index contributed by atoms with van der Waals surface area (Å²) in [7, 11) is 0. The Balaban J connectivity index is 0.000000237. The van der Waals surface area contributed by atoms with Gasteiger partial charge in [-0.25, -0.2) is 0 Å². The van der Waals surface area contributed by atoms with Gasteiger partial charge in [0, 0.05) is 0 Å². The molecule has 390 valence electrons. The van der Waals surface area contributed by atoms with E-state index in [1.807, 2.05) is 54.6 Å². The fourth-order valence-corrected chi connectivity index (χ4v) is 11.7. The number of nitrogens with one attached hydrogen (secondary N) is 2. The molecule has 3 aromatic rings. The number of carboxylic acids is 1. The van der Waals surface area contributed by atoms with Gasteiger partial charge in [0.15, 0.2) is 13.2 Å². The molecule has 0 spiro atoms. The predicted molar refractivity (Wildman–Crippen MR) is 270 cm³/mol. The Labute approximate surface area is 420 Å². The number of ether oxygens (including phenoxy) is 3. The molecule has 0 bridgehead atoms. The number of fused-ring (bicyclic) bond motifs is 4. The van der Waals surface area contributed by atoms with E-state index >= 15 is 0 Å². The van der Waals surface area contributed by atoms with Crippen molar-refractivity contribution in [3.63, 3.8) is 0 Å². The van der Waals surface area contributed by atoms with Crippen LogP contribution in [-0.2, 0) is 56.2 Å². The van der Waals surface area contributed by atoms with E-state index in [1.165, 1.54) is 11.1 Å². The third-order valence-corrected chi connectivity index (χ3v) is 15.5. The van der Waals surface area contributed by atoms with Crippen molar-refractivity contribution in [2.45, 2.75) is 160 Å². The third kappa shape index (κ3) is 16.8. The summed E-state index contributed by atoms with van der Waals surface area (Å²) in [5.74, 6) is 0.860. The maximum atomic E-state index is 12.3. The molecule has 0 heterocycles. The number of unbranched alkanes of at least 4 members (excludes halogenated alkanes) is 4. The van der Waals surface area contributed by atoms with Crippen molar-refractivity contribution in [2.75, 3.05) is 26.3 Å². The molecule has 71 heavy (non-hydrogen) atoms. The first-order valence-electron chi connectivity index (χ1n) is 26.5. The molecule has 14 heteroatoms. The van der Waals surface area contributed by atoms with Gasteiger partial charge in [-0.2, -0.15) is 0 Å². The number of hydrogen-bond donors (Lipinski definition) is 7. The second-order valence-corrected chi connectivity index (χ2v) is 20.5. The molecule has 0 radical (unpaired) electrons. The summed E-state index contributed by atoms with van der Waals surface area (Å²) < 4.78 is 16.8. The van der Waals surface area contributed by atoms with Gasteiger partial charge >= 0.3 is 11.9 Å². The van der Waals surface area contributed by atoms with E-state index in [-0.39, 0.29) is 68.5 Å². The molecule has 7 N–H and O–H groups in total. The van der Waals surface area contributed by atoms with Crippen LogP contribution in [0.25, 0.3) is 0 Å². The van der Waals surface area contributed by atoms with Crippen LogP contribution < -0.4 is 20.1 Å². The lowest BCUT2D eigenvalue weighted by Crippen LogP contribution is -2.34. The second-order valence-electron chi connectivity index (χ2n) is 20.5. The van der Waals surface area contributed by atoms with E-state index in [1.54, 1.807) is 0 Å². The molecule has 3 aromatic carbocycles. The number of aliphatic carboxylic acids is 1. The zero-order valence-electron chi connectivity index (χ0n) is 42.0. The van der Waals surface area contributed by atoms with Crippen LogP contribution in [0.2, 0.25) is 0 Å². The molecule has 0 saturated heterocycles. The highest BCUT2D eigenvalue weighted by Gasteiger charge is 2.46. The molecular weight excluding hydrogens is 905 g/mol. The van der Waals surface area contributed by atoms with Gasteiger partial charge in [0.1, 0.15) is 31.2 Å². The van der Waals surface area contributed by atoms with Crippen LogP contribution in [0.5, 0.6) is 11.5 Å². The van der Waals surface area contributed by atoms with Gasteiger partial charge in [-0.3, -0.25) is 19.2 Å². The molecule has 2 saturated carbocycles. The van der Waals surface area contributed by atoms with Crippen molar-refractivity contribution < 1.29 is 58.9 Å². The number of aliphatic hydroxyl groups is 4. The molecule has 7 rings (SSSR count). The van der Waals surface area contributed by atoms with Crippen LogP contribution >= 0.6 is 0 Å². The fourth-order valence-electron chi connectivity index (χ4n) is 11.7. The third-order valence-electron chi connectivity index (χ3n) is 15.5. The van der Waals surface area contributed by atoms with Gasteiger partial charge < -0.3 is 50.4 Å². The number of carbonyl (C=O) groups is 4. The summed E-state index contributed by atoms with van der Waals surface area (Å²) in [6.07, 6.45) is 15.3. The highest BCUT2D eigenvalue weighted by atomic mass is 16.5. The minimum absolute atomic E-state index is 0.166. The van der Waals surface area contributed by atoms with Crippen molar-refractivity contribution in [2.24, 2.45) is 35.5 Å². The molecule has 2 fully saturated rings. The Morgan fingerprint density at radius 1 is 0.606 bits per heavy atom. The van der Waals surface area contributed by atoms with Crippen LogP contribution in [0, 0.1) is 35.5 Å². The van der Waals surface area contributed by atoms with E-state index in [0.29, 0.717) is 35.2 Å². The first-order chi connectivity index (χ1) is 34.3. The summed E-state index contributed by atoms with van der Waals surface area (Å²) in [6, 6.07) is 21.2. The highest BCUT2D eigenvalue weighted by molar-refractivity contribution is 5.83. The van der Waals surface area contributed by atoms with E-state index < -0.39 is 24.4 Å². The average molecular weight is 985 g/mol. The van der Waals surface area contributed by atoms with Gasteiger partial charge in [-0.1, -0.05) is 107 Å². The lowest BCUT2D eigenvalue weighted by atomic mass is 9.73. The number of carbonyl (C=O) groups excluding carboxylic acids is 3. The molecule has 4 aliphatic rings. The fraction of sp³-hybridized carbons (Fsp3) is 0.614. The maximum Gasteiger partial charge on any atom is 0.325 e. The summed E-state index contributed by atoms with van der Waals surface area (Å²) >= 11 is 0. The first-order valence-corrected chi connectivity index (χ1v) is 26.5. The monoisotopic (exact) mass is 985 g/mol. The van der Waals surface area contributed by atoms with Gasteiger partial charge in [0.05, 0.1) is 24.4 Å². The van der Waals surface area contributed by atoms with Crippen LogP contribution in [0.4, 0.5) is 0 Å². The minimum Gasteiger partial charge on any atom is -0.483 e. The molecule has 0 aromatic heterocycles. The van der Waals surface area contributed by atoms with Gasteiger partial charge in [0.2, 0.25) is 0 Å². The Kier molecular flexibility index (Phi) is 22.0. The van der Waals surface area contributed by atoms with E-state index in [4.69, 9.17) is 19.3 Å². The van der Waals surface area contributed by atoms with Gasteiger partial charge in [-0.15, -0.1) is 0 Å². The van der Waals surface area contributed by atoms with Crippen molar-refractivity contribution in [1.82, 2.24) is 10.6 Å². The topological polar surface area (TPSA) is 221 Å². The summed E-state index contributed by atoms with van der Waals surface area (Å²) in [5, 5.41) is 55.9. The number of hydrogen-bond acceptors (Lipinski definition) is 11. The molecule has 0 unspecified atom stereocenters. The van der Waals surface area contributed by atoms with Crippen LogP contribution in [0.3, 0.4) is 0 Å². The van der Waals surface area contributed by atoms with Crippen molar-refractivity contribution in [3.8, 4) is 11.5 Å². The molecule has 4 aliphatic carbocycles. The molecule has 0 aliphatic heterocycles. The second kappa shape index (κ2) is 28.3. The SMILES string of the molecule is CCCCC[C@H](O)CC[C@@H]1[C@H]2Cc3cccc(OCC(=O)NCC(=O)O)c3C[C@H]2C[C@H]1O.CCCCC[C@H](O)CC[C@@H]1[C@H]2Cc3cccc(OCC(=O)NCC(=O)OCc4ccccc4)c3C[C@H]2C[C@H]1O. The predicted octanol–water partition coefficient (Wildman–Crippen LogP) is 7.06. The molecule has 2 amide bonds.